The predicted octanol–water partition coefficient (Wildman–Crippen LogP) is 4.08. The largest absolute Gasteiger partial charge is 0.326 e. The topological polar surface area (TPSA) is 54.9 Å². The molecule has 0 fully saturated rings. The van der Waals surface area contributed by atoms with Crippen LogP contribution >= 0.6 is 11.5 Å². The molecule has 5 heteroatoms. The van der Waals surface area contributed by atoms with Crippen LogP contribution in [0.4, 0.5) is 5.69 Å². The van der Waals surface area contributed by atoms with Gasteiger partial charge in [-0.15, -0.1) is 5.10 Å². The lowest BCUT2D eigenvalue weighted by atomic mass is 10.1. The molecule has 23 heavy (non-hydrogen) atoms. The summed E-state index contributed by atoms with van der Waals surface area (Å²) in [4.78, 5) is 13.1. The van der Waals surface area contributed by atoms with Gasteiger partial charge in [-0.1, -0.05) is 46.4 Å². The van der Waals surface area contributed by atoms with E-state index in [-0.39, 0.29) is 5.91 Å². The minimum absolute atomic E-state index is 0.0257. The van der Waals surface area contributed by atoms with Gasteiger partial charge in [0.05, 0.1) is 11.1 Å². The first-order valence-corrected chi connectivity index (χ1v) is 8.21. The molecule has 1 amide bonds. The van der Waals surface area contributed by atoms with Crippen LogP contribution in [-0.4, -0.2) is 15.5 Å². The molecule has 4 nitrogen and oxygen atoms in total. The van der Waals surface area contributed by atoms with Crippen LogP contribution in [0.25, 0.3) is 10.4 Å². The number of hydrogen-bond donors (Lipinski definition) is 1. The van der Waals surface area contributed by atoms with Crippen molar-refractivity contribution in [2.75, 3.05) is 5.32 Å². The fourth-order valence-electron chi connectivity index (χ4n) is 2.25. The highest BCUT2D eigenvalue weighted by molar-refractivity contribution is 7.09. The Kier molecular flexibility index (Phi) is 4.78. The molecule has 0 aliphatic heterocycles. The minimum atomic E-state index is 0.0257. The standard InChI is InChI=1S/C18H17N3OS/c1-13-2-4-14(5-3-13)6-11-18(22)20-16-9-7-15(8-10-16)17-12-19-21-23-17/h2-5,7-10,12H,6,11H2,1H3,(H,20,22). The van der Waals surface area contributed by atoms with Crippen LogP contribution in [0.3, 0.4) is 0 Å². The molecular weight excluding hydrogens is 306 g/mol. The fraction of sp³-hybridized carbons (Fsp3) is 0.167. The minimum Gasteiger partial charge on any atom is -0.326 e. The molecule has 0 bridgehead atoms. The molecule has 3 rings (SSSR count). The Balaban J connectivity index is 1.54. The molecule has 3 aromatic rings. The second-order valence-electron chi connectivity index (χ2n) is 5.39. The van der Waals surface area contributed by atoms with Gasteiger partial charge >= 0.3 is 0 Å². The number of carbonyl (C=O) groups excluding carboxylic acids is 1. The van der Waals surface area contributed by atoms with Gasteiger partial charge in [-0.2, -0.15) is 0 Å². The summed E-state index contributed by atoms with van der Waals surface area (Å²) in [5.41, 5.74) is 4.27. The number of rotatable bonds is 5. The van der Waals surface area contributed by atoms with Crippen LogP contribution in [0.5, 0.6) is 0 Å². The third kappa shape index (κ3) is 4.23. The first-order valence-electron chi connectivity index (χ1n) is 7.44. The summed E-state index contributed by atoms with van der Waals surface area (Å²) in [6.45, 7) is 2.06. The summed E-state index contributed by atoms with van der Waals surface area (Å²) >= 11 is 1.35. The van der Waals surface area contributed by atoms with E-state index < -0.39 is 0 Å². The number of aryl methyl sites for hydroxylation is 2. The van der Waals surface area contributed by atoms with Gasteiger partial charge in [0.15, 0.2) is 0 Å². The maximum Gasteiger partial charge on any atom is 0.224 e. The van der Waals surface area contributed by atoms with E-state index >= 15 is 0 Å². The number of nitrogens with one attached hydrogen (secondary N) is 1. The zero-order valence-corrected chi connectivity index (χ0v) is 13.6. The summed E-state index contributed by atoms with van der Waals surface area (Å²) in [6, 6.07) is 16.0. The molecule has 1 N–H and O–H groups in total. The molecular formula is C18H17N3OS. The van der Waals surface area contributed by atoms with Crippen LogP contribution in [0.15, 0.2) is 54.7 Å². The number of benzene rings is 2. The van der Waals surface area contributed by atoms with E-state index in [1.165, 1.54) is 22.7 Å². The number of nitrogens with zero attached hydrogens (tertiary/aromatic N) is 2. The van der Waals surface area contributed by atoms with Gasteiger partial charge in [-0.3, -0.25) is 4.79 Å². The lowest BCUT2D eigenvalue weighted by Crippen LogP contribution is -2.12. The van der Waals surface area contributed by atoms with Gasteiger partial charge in [0.2, 0.25) is 5.91 Å². The molecule has 0 unspecified atom stereocenters. The summed E-state index contributed by atoms with van der Waals surface area (Å²) in [5.74, 6) is 0.0257. The second kappa shape index (κ2) is 7.15. The molecule has 116 valence electrons. The first kappa shape index (κ1) is 15.4. The highest BCUT2D eigenvalue weighted by atomic mass is 32.1. The monoisotopic (exact) mass is 323 g/mol. The smallest absolute Gasteiger partial charge is 0.224 e. The van der Waals surface area contributed by atoms with Crippen LogP contribution in [0.1, 0.15) is 17.5 Å². The molecule has 0 saturated carbocycles. The van der Waals surface area contributed by atoms with E-state index in [9.17, 15) is 4.79 Å². The van der Waals surface area contributed by atoms with E-state index in [1.54, 1.807) is 6.20 Å². The maximum absolute atomic E-state index is 12.0. The van der Waals surface area contributed by atoms with E-state index in [4.69, 9.17) is 0 Å². The van der Waals surface area contributed by atoms with Gasteiger partial charge in [0.1, 0.15) is 0 Å². The van der Waals surface area contributed by atoms with Gasteiger partial charge in [-0.05, 0) is 48.1 Å². The van der Waals surface area contributed by atoms with Crippen molar-refractivity contribution in [3.05, 3.63) is 65.9 Å². The molecule has 0 spiro atoms. The summed E-state index contributed by atoms with van der Waals surface area (Å²) in [7, 11) is 0. The van der Waals surface area contributed by atoms with E-state index in [0.717, 1.165) is 22.5 Å². The molecule has 0 aliphatic rings. The molecule has 1 aromatic heterocycles. The third-order valence-electron chi connectivity index (χ3n) is 3.58. The lowest BCUT2D eigenvalue weighted by molar-refractivity contribution is -0.116. The maximum atomic E-state index is 12.0. The summed E-state index contributed by atoms with van der Waals surface area (Å²) in [5, 5.41) is 6.76. The van der Waals surface area contributed by atoms with Crippen LogP contribution in [0.2, 0.25) is 0 Å². The lowest BCUT2D eigenvalue weighted by Gasteiger charge is -2.06. The zero-order valence-electron chi connectivity index (χ0n) is 12.8. The van der Waals surface area contributed by atoms with Crippen molar-refractivity contribution in [2.45, 2.75) is 19.8 Å². The predicted molar refractivity (Wildman–Crippen MR) is 93.5 cm³/mol. The van der Waals surface area contributed by atoms with Crippen molar-refractivity contribution in [1.82, 2.24) is 9.59 Å². The molecule has 0 atom stereocenters. The number of carbonyl (C=O) groups is 1. The Labute approximate surface area is 139 Å². The average molecular weight is 323 g/mol. The van der Waals surface area contributed by atoms with Crippen molar-refractivity contribution < 1.29 is 4.79 Å². The Bertz CT molecular complexity index is 765. The van der Waals surface area contributed by atoms with Crippen LogP contribution in [0, 0.1) is 6.92 Å². The second-order valence-corrected chi connectivity index (χ2v) is 6.18. The van der Waals surface area contributed by atoms with Gasteiger partial charge in [-0.25, -0.2) is 0 Å². The molecule has 0 saturated heterocycles. The summed E-state index contributed by atoms with van der Waals surface area (Å²) in [6.07, 6.45) is 2.96. The molecule has 2 aromatic carbocycles. The summed E-state index contributed by atoms with van der Waals surface area (Å²) < 4.78 is 3.85. The number of hydrogen-bond acceptors (Lipinski definition) is 4. The van der Waals surface area contributed by atoms with Crippen molar-refractivity contribution in [1.29, 1.82) is 0 Å². The van der Waals surface area contributed by atoms with Crippen molar-refractivity contribution in [3.63, 3.8) is 0 Å². The first-order chi connectivity index (χ1) is 11.2. The van der Waals surface area contributed by atoms with Crippen molar-refractivity contribution in [2.24, 2.45) is 0 Å². The SMILES string of the molecule is Cc1ccc(CCC(=O)Nc2ccc(-c3cnns3)cc2)cc1. The van der Waals surface area contributed by atoms with Gasteiger partial charge in [0.25, 0.3) is 0 Å². The third-order valence-corrected chi connectivity index (χ3v) is 4.29. The fourth-order valence-corrected chi connectivity index (χ4v) is 2.77. The Hall–Kier alpha value is -2.53. The van der Waals surface area contributed by atoms with Crippen LogP contribution in [-0.2, 0) is 11.2 Å². The van der Waals surface area contributed by atoms with E-state index in [1.807, 2.05) is 24.3 Å². The Morgan fingerprint density at radius 2 is 1.83 bits per heavy atom. The van der Waals surface area contributed by atoms with E-state index in [0.29, 0.717) is 6.42 Å². The normalized spacial score (nSPS) is 10.5. The number of amides is 1. The quantitative estimate of drug-likeness (QED) is 0.769. The van der Waals surface area contributed by atoms with Crippen LogP contribution < -0.4 is 5.32 Å². The van der Waals surface area contributed by atoms with Gasteiger partial charge < -0.3 is 5.32 Å². The van der Waals surface area contributed by atoms with Gasteiger partial charge in [0, 0.05) is 12.1 Å². The van der Waals surface area contributed by atoms with E-state index in [2.05, 4.69) is 46.1 Å². The van der Waals surface area contributed by atoms with Crippen molar-refractivity contribution >= 4 is 23.1 Å². The Morgan fingerprint density at radius 3 is 2.48 bits per heavy atom. The highest BCUT2D eigenvalue weighted by Crippen LogP contribution is 2.23. The Morgan fingerprint density at radius 1 is 1.09 bits per heavy atom. The number of anilines is 1. The molecule has 0 radical (unpaired) electrons. The van der Waals surface area contributed by atoms with Crippen molar-refractivity contribution in [3.8, 4) is 10.4 Å². The number of aromatic nitrogens is 2. The molecule has 0 aliphatic carbocycles. The highest BCUT2D eigenvalue weighted by Gasteiger charge is 2.05. The zero-order chi connectivity index (χ0) is 16.1. The average Bonchev–Trinajstić information content (AvgIpc) is 3.09. The molecule has 1 heterocycles.